The van der Waals surface area contributed by atoms with Crippen molar-refractivity contribution in [1.29, 1.82) is 0 Å². The van der Waals surface area contributed by atoms with Gasteiger partial charge in [-0.05, 0) is 54.8 Å². The van der Waals surface area contributed by atoms with Crippen LogP contribution in [-0.4, -0.2) is 34.3 Å². The number of carboxylic acid groups (broad SMARTS) is 1. The highest BCUT2D eigenvalue weighted by molar-refractivity contribution is 5.77. The van der Waals surface area contributed by atoms with Crippen LogP contribution < -0.4 is 18.9 Å². The number of hydrogen-bond donors (Lipinski definition) is 1. The topological polar surface area (TPSA) is 92.0 Å². The molecule has 0 aliphatic carbocycles. The van der Waals surface area contributed by atoms with E-state index in [0.717, 1.165) is 39.5 Å². The Labute approximate surface area is 210 Å². The summed E-state index contributed by atoms with van der Waals surface area (Å²) in [5.41, 5.74) is 3.60. The highest BCUT2D eigenvalue weighted by atomic mass is 16.5. The van der Waals surface area contributed by atoms with Gasteiger partial charge in [-0.1, -0.05) is 18.2 Å². The Morgan fingerprint density at radius 3 is 2.39 bits per heavy atom. The summed E-state index contributed by atoms with van der Waals surface area (Å²) in [5, 5.41) is 9.13. The zero-order valence-electron chi connectivity index (χ0n) is 20.7. The number of rotatable bonds is 12. The summed E-state index contributed by atoms with van der Waals surface area (Å²) >= 11 is 0. The van der Waals surface area contributed by atoms with Crippen LogP contribution in [0.4, 0.5) is 0 Å². The molecule has 36 heavy (non-hydrogen) atoms. The molecular weight excluding hydrogens is 460 g/mol. The van der Waals surface area contributed by atoms with E-state index in [1.54, 1.807) is 13.2 Å². The molecule has 8 heteroatoms. The maximum absolute atomic E-state index is 11.1. The van der Waals surface area contributed by atoms with Crippen LogP contribution in [0.15, 0.2) is 60.7 Å². The van der Waals surface area contributed by atoms with Crippen LogP contribution in [-0.2, 0) is 31.5 Å². The number of carbonyl (C=O) groups is 1. The molecule has 0 fully saturated rings. The lowest BCUT2D eigenvalue weighted by atomic mass is 10.1. The molecule has 0 aliphatic rings. The lowest BCUT2D eigenvalue weighted by Gasteiger charge is -2.14. The van der Waals surface area contributed by atoms with Crippen molar-refractivity contribution in [2.75, 3.05) is 13.7 Å². The number of benzene rings is 3. The van der Waals surface area contributed by atoms with Gasteiger partial charge in [0.05, 0.1) is 24.8 Å². The zero-order chi connectivity index (χ0) is 25.5. The van der Waals surface area contributed by atoms with Crippen LogP contribution in [0.5, 0.6) is 23.0 Å². The monoisotopic (exact) mass is 490 g/mol. The maximum atomic E-state index is 11.1. The van der Waals surface area contributed by atoms with E-state index in [2.05, 4.69) is 4.98 Å². The normalized spacial score (nSPS) is 10.9. The number of aromatic nitrogens is 2. The maximum Gasteiger partial charge on any atom is 0.303 e. The first kappa shape index (κ1) is 24.9. The van der Waals surface area contributed by atoms with Crippen molar-refractivity contribution < 1.29 is 28.8 Å². The molecule has 1 aromatic heterocycles. The summed E-state index contributed by atoms with van der Waals surface area (Å²) in [4.78, 5) is 15.8. The van der Waals surface area contributed by atoms with Crippen molar-refractivity contribution in [3.8, 4) is 23.0 Å². The van der Waals surface area contributed by atoms with Gasteiger partial charge in [-0.3, -0.25) is 4.79 Å². The minimum absolute atomic E-state index is 0.0168. The molecular formula is C28H30N2O6. The summed E-state index contributed by atoms with van der Waals surface area (Å²) in [7, 11) is 3.57. The second-order valence-electron chi connectivity index (χ2n) is 8.26. The molecule has 0 saturated carbocycles. The van der Waals surface area contributed by atoms with Crippen LogP contribution in [0.25, 0.3) is 11.0 Å². The Morgan fingerprint density at radius 2 is 1.67 bits per heavy atom. The van der Waals surface area contributed by atoms with Gasteiger partial charge < -0.3 is 28.6 Å². The number of imidazole rings is 1. The molecule has 4 aromatic rings. The number of hydrogen-bond acceptors (Lipinski definition) is 6. The zero-order valence-corrected chi connectivity index (χ0v) is 20.7. The molecule has 0 amide bonds. The fourth-order valence-corrected chi connectivity index (χ4v) is 3.84. The second kappa shape index (κ2) is 11.5. The lowest BCUT2D eigenvalue weighted by molar-refractivity contribution is -0.136. The standard InChI is InChI=1S/C28H30N2O6/c1-4-34-21-9-5-19(6-10-21)17-36-26-16-23(11-7-20(26)8-14-28(31)32)35-18-27-29-24-13-12-22(33-3)15-25(24)30(27)2/h5-7,9-13,15-16H,4,8,14,17-18H2,1-3H3,(H,31,32). The number of methoxy groups -OCH3 is 1. The average molecular weight is 491 g/mol. The van der Waals surface area contributed by atoms with Crippen molar-refractivity contribution in [3.05, 3.63) is 77.6 Å². The molecule has 0 spiro atoms. The first-order valence-corrected chi connectivity index (χ1v) is 11.8. The van der Waals surface area contributed by atoms with Gasteiger partial charge in [-0.25, -0.2) is 4.98 Å². The second-order valence-corrected chi connectivity index (χ2v) is 8.26. The fraction of sp³-hybridized carbons (Fsp3) is 0.286. The summed E-state index contributed by atoms with van der Waals surface area (Å²) in [5.74, 6) is 2.69. The molecule has 0 atom stereocenters. The highest BCUT2D eigenvalue weighted by Gasteiger charge is 2.12. The van der Waals surface area contributed by atoms with Crippen molar-refractivity contribution in [2.45, 2.75) is 33.0 Å². The average Bonchev–Trinajstić information content (AvgIpc) is 3.21. The van der Waals surface area contributed by atoms with Gasteiger partial charge in [0.1, 0.15) is 42.0 Å². The van der Waals surface area contributed by atoms with Gasteiger partial charge in [-0.2, -0.15) is 0 Å². The smallest absolute Gasteiger partial charge is 0.303 e. The molecule has 0 radical (unpaired) electrons. The third-order valence-corrected chi connectivity index (χ3v) is 5.82. The molecule has 188 valence electrons. The van der Waals surface area contributed by atoms with E-state index in [-0.39, 0.29) is 13.0 Å². The summed E-state index contributed by atoms with van der Waals surface area (Å²) in [6, 6.07) is 18.9. The molecule has 1 N–H and O–H groups in total. The number of aryl methyl sites for hydroxylation is 2. The molecule has 0 unspecified atom stereocenters. The number of nitrogens with zero attached hydrogens (tertiary/aromatic N) is 2. The van der Waals surface area contributed by atoms with Crippen LogP contribution in [0.1, 0.15) is 30.3 Å². The molecule has 1 heterocycles. The Morgan fingerprint density at radius 1 is 0.917 bits per heavy atom. The predicted molar refractivity (Wildman–Crippen MR) is 136 cm³/mol. The Hall–Kier alpha value is -4.20. The van der Waals surface area contributed by atoms with Gasteiger partial charge in [0.15, 0.2) is 0 Å². The molecule has 0 aliphatic heterocycles. The summed E-state index contributed by atoms with van der Waals surface area (Å²) < 4.78 is 24.9. The van der Waals surface area contributed by atoms with Crippen LogP contribution >= 0.6 is 0 Å². The summed E-state index contributed by atoms with van der Waals surface area (Å²) in [6.07, 6.45) is 0.379. The number of fused-ring (bicyclic) bond motifs is 1. The van der Waals surface area contributed by atoms with Crippen molar-refractivity contribution in [2.24, 2.45) is 7.05 Å². The largest absolute Gasteiger partial charge is 0.497 e. The minimum atomic E-state index is -0.855. The third-order valence-electron chi connectivity index (χ3n) is 5.82. The van der Waals surface area contributed by atoms with Gasteiger partial charge in [0.25, 0.3) is 0 Å². The minimum Gasteiger partial charge on any atom is -0.497 e. The van der Waals surface area contributed by atoms with E-state index in [4.69, 9.17) is 24.1 Å². The Balaban J connectivity index is 1.49. The number of aliphatic carboxylic acids is 1. The summed E-state index contributed by atoms with van der Waals surface area (Å²) in [6.45, 7) is 3.15. The van der Waals surface area contributed by atoms with Gasteiger partial charge in [0.2, 0.25) is 0 Å². The van der Waals surface area contributed by atoms with E-state index < -0.39 is 5.97 Å². The Kier molecular flexibility index (Phi) is 7.95. The van der Waals surface area contributed by atoms with Gasteiger partial charge in [0, 0.05) is 25.6 Å². The van der Waals surface area contributed by atoms with Crippen molar-refractivity contribution in [1.82, 2.24) is 9.55 Å². The van der Waals surface area contributed by atoms with E-state index in [1.807, 2.05) is 73.1 Å². The number of ether oxygens (including phenoxy) is 4. The first-order chi connectivity index (χ1) is 17.5. The molecule has 4 rings (SSSR count). The van der Waals surface area contributed by atoms with E-state index in [0.29, 0.717) is 31.1 Å². The molecule has 8 nitrogen and oxygen atoms in total. The molecule has 0 bridgehead atoms. The van der Waals surface area contributed by atoms with Crippen molar-refractivity contribution >= 4 is 17.0 Å². The predicted octanol–water partition coefficient (Wildman–Crippen LogP) is 5.16. The van der Waals surface area contributed by atoms with Crippen molar-refractivity contribution in [3.63, 3.8) is 0 Å². The molecule has 0 saturated heterocycles. The first-order valence-electron chi connectivity index (χ1n) is 11.8. The van der Waals surface area contributed by atoms with Crippen LogP contribution in [0.3, 0.4) is 0 Å². The quantitative estimate of drug-likeness (QED) is 0.293. The van der Waals surface area contributed by atoms with Gasteiger partial charge in [-0.15, -0.1) is 0 Å². The fourth-order valence-electron chi connectivity index (χ4n) is 3.84. The number of carboxylic acids is 1. The van der Waals surface area contributed by atoms with E-state index in [9.17, 15) is 4.79 Å². The third kappa shape index (κ3) is 6.07. The molecule has 3 aromatic carbocycles. The lowest BCUT2D eigenvalue weighted by Crippen LogP contribution is -2.05. The van der Waals surface area contributed by atoms with Crippen LogP contribution in [0, 0.1) is 0 Å². The Bertz CT molecular complexity index is 1330. The van der Waals surface area contributed by atoms with E-state index >= 15 is 0 Å². The SMILES string of the molecule is CCOc1ccc(COc2cc(OCc3nc4ccc(OC)cc4n3C)ccc2CCC(=O)O)cc1. The van der Waals surface area contributed by atoms with Crippen LogP contribution in [0.2, 0.25) is 0 Å². The highest BCUT2D eigenvalue weighted by Crippen LogP contribution is 2.28. The van der Waals surface area contributed by atoms with E-state index in [1.165, 1.54) is 0 Å². The van der Waals surface area contributed by atoms with Gasteiger partial charge >= 0.3 is 5.97 Å².